The molecule has 0 saturated carbocycles. The Morgan fingerprint density at radius 2 is 2.26 bits per heavy atom. The first-order valence-corrected chi connectivity index (χ1v) is 5.71. The number of halogens is 1. The van der Waals surface area contributed by atoms with Gasteiger partial charge in [0.15, 0.2) is 0 Å². The molecule has 2 rings (SSSR count). The molecule has 0 aliphatic carbocycles. The summed E-state index contributed by atoms with van der Waals surface area (Å²) in [7, 11) is 0. The molecule has 0 radical (unpaired) electrons. The Balaban J connectivity index is 2.20. The third-order valence-electron chi connectivity index (χ3n) is 2.60. The summed E-state index contributed by atoms with van der Waals surface area (Å²) in [5, 5.41) is 11.9. The van der Waals surface area contributed by atoms with Crippen LogP contribution in [0.3, 0.4) is 0 Å². The van der Waals surface area contributed by atoms with Crippen molar-refractivity contribution < 1.29 is 14.3 Å². The minimum atomic E-state index is -0.410. The smallest absolute Gasteiger partial charge is 0.129 e. The number of pyridine rings is 1. The number of oxime groups is 1. The minimum absolute atomic E-state index is 0.292. The van der Waals surface area contributed by atoms with E-state index in [1.165, 1.54) is 18.2 Å². The fourth-order valence-electron chi connectivity index (χ4n) is 1.61. The molecule has 1 heterocycles. The molecule has 0 saturated heterocycles. The molecule has 1 aromatic carbocycles. The molecule has 0 aliphatic rings. The van der Waals surface area contributed by atoms with Gasteiger partial charge in [0, 0.05) is 23.5 Å². The lowest BCUT2D eigenvalue weighted by Gasteiger charge is -2.10. The first kappa shape index (κ1) is 13.0. The van der Waals surface area contributed by atoms with Gasteiger partial charge in [-0.25, -0.2) is 4.39 Å². The molecule has 4 nitrogen and oxygen atoms in total. The van der Waals surface area contributed by atoms with E-state index >= 15 is 0 Å². The van der Waals surface area contributed by atoms with Crippen molar-refractivity contribution >= 4 is 5.71 Å². The normalized spacial score (nSPS) is 11.4. The van der Waals surface area contributed by atoms with Gasteiger partial charge in [0.1, 0.15) is 18.2 Å². The molecule has 19 heavy (non-hydrogen) atoms. The van der Waals surface area contributed by atoms with Crippen LogP contribution < -0.4 is 4.74 Å². The molecular weight excluding hydrogens is 247 g/mol. The average Bonchev–Trinajstić information content (AvgIpc) is 2.46. The maximum atomic E-state index is 13.2. The van der Waals surface area contributed by atoms with Crippen molar-refractivity contribution in [3.8, 4) is 5.75 Å². The third kappa shape index (κ3) is 3.28. The zero-order valence-corrected chi connectivity index (χ0v) is 10.4. The van der Waals surface area contributed by atoms with Crippen LogP contribution in [0.4, 0.5) is 4.39 Å². The van der Waals surface area contributed by atoms with E-state index in [2.05, 4.69) is 10.1 Å². The molecule has 98 valence electrons. The quantitative estimate of drug-likeness (QED) is 0.522. The lowest BCUT2D eigenvalue weighted by molar-refractivity contribution is 0.302. The lowest BCUT2D eigenvalue weighted by Crippen LogP contribution is -2.03. The van der Waals surface area contributed by atoms with E-state index in [4.69, 9.17) is 9.94 Å². The first-order valence-electron chi connectivity index (χ1n) is 5.71. The van der Waals surface area contributed by atoms with Gasteiger partial charge in [-0.15, -0.1) is 0 Å². The van der Waals surface area contributed by atoms with E-state index in [1.54, 1.807) is 19.3 Å². The van der Waals surface area contributed by atoms with Gasteiger partial charge in [0.25, 0.3) is 0 Å². The highest BCUT2D eigenvalue weighted by Crippen LogP contribution is 2.21. The second-order valence-electron chi connectivity index (χ2n) is 3.98. The molecule has 0 atom stereocenters. The van der Waals surface area contributed by atoms with Crippen LogP contribution in [-0.2, 0) is 6.61 Å². The molecule has 0 fully saturated rings. The molecule has 1 N–H and O–H groups in total. The van der Waals surface area contributed by atoms with Crippen LogP contribution in [0.25, 0.3) is 0 Å². The molecule has 1 aromatic heterocycles. The number of ether oxygens (including phenoxy) is 1. The van der Waals surface area contributed by atoms with Crippen molar-refractivity contribution in [1.82, 2.24) is 4.98 Å². The molecule has 0 aliphatic heterocycles. The number of hydrogen-bond donors (Lipinski definition) is 1. The van der Waals surface area contributed by atoms with Crippen LogP contribution in [0.2, 0.25) is 0 Å². The molecule has 0 unspecified atom stereocenters. The second-order valence-corrected chi connectivity index (χ2v) is 3.98. The highest BCUT2D eigenvalue weighted by molar-refractivity contribution is 6.00. The summed E-state index contributed by atoms with van der Waals surface area (Å²) >= 11 is 0. The van der Waals surface area contributed by atoms with Gasteiger partial charge in [0.05, 0.1) is 5.71 Å². The summed E-state index contributed by atoms with van der Waals surface area (Å²) in [4.78, 5) is 3.98. The van der Waals surface area contributed by atoms with Gasteiger partial charge < -0.3 is 9.94 Å². The summed E-state index contributed by atoms with van der Waals surface area (Å²) in [6, 6.07) is 7.77. The Hall–Kier alpha value is -2.43. The van der Waals surface area contributed by atoms with E-state index in [-0.39, 0.29) is 0 Å². The zero-order chi connectivity index (χ0) is 13.7. The first-order chi connectivity index (χ1) is 9.20. The van der Waals surface area contributed by atoms with Crippen LogP contribution in [0.1, 0.15) is 18.1 Å². The van der Waals surface area contributed by atoms with Crippen LogP contribution in [-0.4, -0.2) is 15.9 Å². The van der Waals surface area contributed by atoms with E-state index < -0.39 is 5.82 Å². The highest BCUT2D eigenvalue weighted by Gasteiger charge is 2.09. The van der Waals surface area contributed by atoms with Crippen molar-refractivity contribution in [2.24, 2.45) is 5.16 Å². The molecule has 0 spiro atoms. The van der Waals surface area contributed by atoms with E-state index in [9.17, 15) is 4.39 Å². The van der Waals surface area contributed by atoms with Crippen molar-refractivity contribution in [2.75, 3.05) is 0 Å². The van der Waals surface area contributed by atoms with Gasteiger partial charge in [-0.05, 0) is 31.2 Å². The lowest BCUT2D eigenvalue weighted by atomic mass is 10.1. The summed E-state index contributed by atoms with van der Waals surface area (Å²) in [6.45, 7) is 1.89. The van der Waals surface area contributed by atoms with E-state index in [1.807, 2.05) is 12.1 Å². The van der Waals surface area contributed by atoms with E-state index in [0.29, 0.717) is 23.6 Å². The molecule has 0 amide bonds. The molecule has 0 bridgehead atoms. The largest absolute Gasteiger partial charge is 0.488 e. The summed E-state index contributed by atoms with van der Waals surface area (Å²) in [5.41, 5.74) is 1.61. The van der Waals surface area contributed by atoms with Crippen LogP contribution in [0.5, 0.6) is 5.75 Å². The number of aromatic nitrogens is 1. The summed E-state index contributed by atoms with van der Waals surface area (Å²) < 4.78 is 18.8. The van der Waals surface area contributed by atoms with Crippen molar-refractivity contribution in [3.05, 3.63) is 59.7 Å². The predicted octanol–water partition coefficient (Wildman–Crippen LogP) is 3.00. The van der Waals surface area contributed by atoms with Gasteiger partial charge in [-0.1, -0.05) is 11.2 Å². The SMILES string of the molecule is CC(=NO)c1cc(F)ccc1OCc1cccnc1. The van der Waals surface area contributed by atoms with Gasteiger partial charge in [0.2, 0.25) is 0 Å². The fraction of sp³-hybridized carbons (Fsp3) is 0.143. The van der Waals surface area contributed by atoms with Crippen molar-refractivity contribution in [2.45, 2.75) is 13.5 Å². The topological polar surface area (TPSA) is 54.7 Å². The summed E-state index contributed by atoms with van der Waals surface area (Å²) in [5.74, 6) is 0.0484. The maximum absolute atomic E-state index is 13.2. The number of nitrogens with zero attached hydrogens (tertiary/aromatic N) is 2. The van der Waals surface area contributed by atoms with Gasteiger partial charge >= 0.3 is 0 Å². The zero-order valence-electron chi connectivity index (χ0n) is 10.4. The Morgan fingerprint density at radius 3 is 2.95 bits per heavy atom. The predicted molar refractivity (Wildman–Crippen MR) is 69.0 cm³/mol. The number of rotatable bonds is 4. The Bertz CT molecular complexity index is 585. The third-order valence-corrected chi connectivity index (χ3v) is 2.60. The summed E-state index contributed by atoms with van der Waals surface area (Å²) in [6.07, 6.45) is 3.37. The van der Waals surface area contributed by atoms with Crippen LogP contribution in [0, 0.1) is 5.82 Å². The monoisotopic (exact) mass is 260 g/mol. The van der Waals surface area contributed by atoms with Gasteiger partial charge in [-0.2, -0.15) is 0 Å². The second kappa shape index (κ2) is 5.95. The average molecular weight is 260 g/mol. The molecular formula is C14H13FN2O2. The highest BCUT2D eigenvalue weighted by atomic mass is 19.1. The maximum Gasteiger partial charge on any atom is 0.129 e. The van der Waals surface area contributed by atoms with Crippen molar-refractivity contribution in [1.29, 1.82) is 0 Å². The number of hydrogen-bond acceptors (Lipinski definition) is 4. The Morgan fingerprint density at radius 1 is 1.42 bits per heavy atom. The van der Waals surface area contributed by atoms with Crippen LogP contribution >= 0.6 is 0 Å². The van der Waals surface area contributed by atoms with Crippen molar-refractivity contribution in [3.63, 3.8) is 0 Å². The standard InChI is InChI=1S/C14H13FN2O2/c1-10(17-18)13-7-12(15)4-5-14(13)19-9-11-3-2-6-16-8-11/h2-8,18H,9H2,1H3. The Labute approximate surface area is 110 Å². The fourth-order valence-corrected chi connectivity index (χ4v) is 1.61. The number of benzene rings is 1. The Kier molecular flexibility index (Phi) is 4.07. The molecule has 2 aromatic rings. The van der Waals surface area contributed by atoms with Gasteiger partial charge in [-0.3, -0.25) is 4.98 Å². The molecule has 5 heteroatoms. The minimum Gasteiger partial charge on any atom is -0.488 e. The van der Waals surface area contributed by atoms with E-state index in [0.717, 1.165) is 5.56 Å². The van der Waals surface area contributed by atoms with Crippen LogP contribution in [0.15, 0.2) is 47.9 Å².